The summed E-state index contributed by atoms with van der Waals surface area (Å²) in [5.74, 6) is -0.119. The van der Waals surface area contributed by atoms with Gasteiger partial charge in [-0.3, -0.25) is 4.79 Å². The third-order valence-electron chi connectivity index (χ3n) is 2.39. The van der Waals surface area contributed by atoms with Crippen LogP contribution in [0.1, 0.15) is 11.3 Å². The van der Waals surface area contributed by atoms with Crippen molar-refractivity contribution in [1.29, 1.82) is 0 Å². The summed E-state index contributed by atoms with van der Waals surface area (Å²) >= 11 is 5.63. The van der Waals surface area contributed by atoms with E-state index >= 15 is 0 Å². The molecule has 0 unspecified atom stereocenters. The number of aryl methyl sites for hydroxylation is 1. The Kier molecular flexibility index (Phi) is 3.15. The first kappa shape index (κ1) is 11.7. The predicted molar refractivity (Wildman–Crippen MR) is 65.8 cm³/mol. The van der Waals surface area contributed by atoms with Gasteiger partial charge in [0.2, 0.25) is 0 Å². The molecule has 4 nitrogen and oxygen atoms in total. The molecule has 17 heavy (non-hydrogen) atoms. The molecule has 0 aliphatic rings. The first-order chi connectivity index (χ1) is 8.11. The van der Waals surface area contributed by atoms with E-state index in [-0.39, 0.29) is 22.9 Å². The van der Waals surface area contributed by atoms with Crippen LogP contribution in [0.3, 0.4) is 0 Å². The van der Waals surface area contributed by atoms with Gasteiger partial charge in [0.15, 0.2) is 0 Å². The van der Waals surface area contributed by atoms with Gasteiger partial charge in [0.25, 0.3) is 5.56 Å². The number of hydrogen-bond donors (Lipinski definition) is 1. The summed E-state index contributed by atoms with van der Waals surface area (Å²) in [6.07, 6.45) is 0. The number of aromatic hydroxyl groups is 1. The quantitative estimate of drug-likeness (QED) is 0.830. The van der Waals surface area contributed by atoms with E-state index in [1.165, 1.54) is 4.68 Å². The summed E-state index contributed by atoms with van der Waals surface area (Å²) in [6.45, 7) is 1.96. The maximum atomic E-state index is 11.7. The Bertz CT molecular complexity index is 590. The third kappa shape index (κ3) is 2.31. The molecule has 0 radical (unpaired) electrons. The Morgan fingerprint density at radius 3 is 2.59 bits per heavy atom. The second kappa shape index (κ2) is 4.59. The highest BCUT2D eigenvalue weighted by molar-refractivity contribution is 6.17. The topological polar surface area (TPSA) is 55.1 Å². The lowest BCUT2D eigenvalue weighted by Crippen LogP contribution is -2.21. The lowest BCUT2D eigenvalue weighted by Gasteiger charge is -2.07. The molecule has 5 heteroatoms. The lowest BCUT2D eigenvalue weighted by molar-refractivity contribution is 0.460. The van der Waals surface area contributed by atoms with Gasteiger partial charge in [0.05, 0.1) is 11.6 Å². The summed E-state index contributed by atoms with van der Waals surface area (Å²) in [6, 6.07) is 8.47. The highest BCUT2D eigenvalue weighted by atomic mass is 35.5. The van der Waals surface area contributed by atoms with Crippen molar-refractivity contribution in [3.8, 4) is 11.4 Å². The van der Waals surface area contributed by atoms with Crippen LogP contribution in [0.2, 0.25) is 0 Å². The van der Waals surface area contributed by atoms with Crippen LogP contribution in [0, 0.1) is 6.92 Å². The van der Waals surface area contributed by atoms with Gasteiger partial charge in [-0.1, -0.05) is 17.7 Å². The van der Waals surface area contributed by atoms with E-state index in [0.29, 0.717) is 5.69 Å². The monoisotopic (exact) mass is 250 g/mol. The molecule has 0 spiro atoms. The number of rotatable bonds is 2. The molecule has 0 saturated carbocycles. The highest BCUT2D eigenvalue weighted by Crippen LogP contribution is 2.14. The second-order valence-electron chi connectivity index (χ2n) is 3.70. The molecule has 1 N–H and O–H groups in total. The third-order valence-corrected chi connectivity index (χ3v) is 2.64. The zero-order valence-corrected chi connectivity index (χ0v) is 9.98. The van der Waals surface area contributed by atoms with Gasteiger partial charge < -0.3 is 5.11 Å². The van der Waals surface area contributed by atoms with E-state index in [4.69, 9.17) is 11.6 Å². The molecule has 88 valence electrons. The Morgan fingerprint density at radius 1 is 1.35 bits per heavy atom. The fourth-order valence-corrected chi connectivity index (χ4v) is 1.64. The first-order valence-corrected chi connectivity index (χ1v) is 5.60. The molecule has 0 saturated heterocycles. The van der Waals surface area contributed by atoms with Crippen LogP contribution < -0.4 is 5.56 Å². The molecular weight excluding hydrogens is 240 g/mol. The van der Waals surface area contributed by atoms with E-state index in [9.17, 15) is 9.90 Å². The number of hydrogen-bond acceptors (Lipinski definition) is 3. The van der Waals surface area contributed by atoms with Crippen molar-refractivity contribution in [1.82, 2.24) is 9.78 Å². The summed E-state index contributed by atoms with van der Waals surface area (Å²) in [5, 5.41) is 13.5. The van der Waals surface area contributed by atoms with E-state index in [1.807, 2.05) is 19.1 Å². The van der Waals surface area contributed by atoms with E-state index < -0.39 is 0 Å². The maximum Gasteiger partial charge on any atom is 0.275 e. The molecule has 1 heterocycles. The number of alkyl halides is 1. The van der Waals surface area contributed by atoms with E-state index in [1.54, 1.807) is 12.1 Å². The molecule has 2 aromatic rings. The zero-order valence-electron chi connectivity index (χ0n) is 9.22. The standard InChI is InChI=1S/C12H11ClN2O2/c1-8-2-4-9(5-3-8)15-12(17)6-11(16)10(7-13)14-15/h2-6,16H,7H2,1H3. The minimum atomic E-state index is -0.389. The predicted octanol–water partition coefficient (Wildman–Crippen LogP) is 1.99. The van der Waals surface area contributed by atoms with Gasteiger partial charge in [-0.05, 0) is 19.1 Å². The lowest BCUT2D eigenvalue weighted by atomic mass is 10.2. The Balaban J connectivity index is 2.59. The van der Waals surface area contributed by atoms with Crippen molar-refractivity contribution in [3.63, 3.8) is 0 Å². The van der Waals surface area contributed by atoms with Crippen molar-refractivity contribution >= 4 is 11.6 Å². The number of benzene rings is 1. The van der Waals surface area contributed by atoms with Crippen LogP contribution in [0.4, 0.5) is 0 Å². The van der Waals surface area contributed by atoms with Crippen molar-refractivity contribution in [2.45, 2.75) is 12.8 Å². The van der Waals surface area contributed by atoms with E-state index in [0.717, 1.165) is 11.6 Å². The Hall–Kier alpha value is -1.81. The minimum absolute atomic E-state index is 0.0535. The first-order valence-electron chi connectivity index (χ1n) is 5.07. The average molecular weight is 251 g/mol. The normalized spacial score (nSPS) is 10.5. The molecule has 0 atom stereocenters. The van der Waals surface area contributed by atoms with Crippen molar-refractivity contribution in [3.05, 3.63) is 51.9 Å². The largest absolute Gasteiger partial charge is 0.506 e. The number of nitrogens with zero attached hydrogens (tertiary/aromatic N) is 2. The van der Waals surface area contributed by atoms with Gasteiger partial charge in [0, 0.05) is 6.07 Å². The van der Waals surface area contributed by atoms with Gasteiger partial charge in [0.1, 0.15) is 11.4 Å². The molecule has 0 aliphatic heterocycles. The summed E-state index contributed by atoms with van der Waals surface area (Å²) in [7, 11) is 0. The molecular formula is C12H11ClN2O2. The van der Waals surface area contributed by atoms with Crippen LogP contribution in [-0.2, 0) is 5.88 Å². The van der Waals surface area contributed by atoms with Gasteiger partial charge in [-0.15, -0.1) is 11.6 Å². The fourth-order valence-electron chi connectivity index (χ4n) is 1.45. The van der Waals surface area contributed by atoms with Crippen molar-refractivity contribution < 1.29 is 5.11 Å². The van der Waals surface area contributed by atoms with Gasteiger partial charge in [-0.2, -0.15) is 9.78 Å². The number of aromatic nitrogens is 2. The summed E-state index contributed by atoms with van der Waals surface area (Å²) < 4.78 is 1.22. The zero-order chi connectivity index (χ0) is 12.4. The van der Waals surface area contributed by atoms with Crippen LogP contribution in [0.25, 0.3) is 5.69 Å². The SMILES string of the molecule is Cc1ccc(-n2nc(CCl)c(O)cc2=O)cc1. The molecule has 2 rings (SSSR count). The summed E-state index contributed by atoms with van der Waals surface area (Å²) in [4.78, 5) is 11.7. The minimum Gasteiger partial charge on any atom is -0.506 e. The molecule has 1 aromatic heterocycles. The number of halogens is 1. The smallest absolute Gasteiger partial charge is 0.275 e. The molecule has 0 amide bonds. The fraction of sp³-hybridized carbons (Fsp3) is 0.167. The van der Waals surface area contributed by atoms with Crippen LogP contribution in [-0.4, -0.2) is 14.9 Å². The maximum absolute atomic E-state index is 11.7. The Labute approximate surface area is 103 Å². The second-order valence-corrected chi connectivity index (χ2v) is 3.96. The van der Waals surface area contributed by atoms with Crippen LogP contribution in [0.5, 0.6) is 5.75 Å². The molecule has 1 aromatic carbocycles. The molecule has 0 fully saturated rings. The highest BCUT2D eigenvalue weighted by Gasteiger charge is 2.08. The van der Waals surface area contributed by atoms with Crippen LogP contribution in [0.15, 0.2) is 35.1 Å². The average Bonchev–Trinajstić information content (AvgIpc) is 2.31. The van der Waals surface area contributed by atoms with Crippen molar-refractivity contribution in [2.75, 3.05) is 0 Å². The van der Waals surface area contributed by atoms with Gasteiger partial charge >= 0.3 is 0 Å². The molecule has 0 bridgehead atoms. The van der Waals surface area contributed by atoms with Gasteiger partial charge in [-0.25, -0.2) is 0 Å². The van der Waals surface area contributed by atoms with E-state index in [2.05, 4.69) is 5.10 Å². The van der Waals surface area contributed by atoms with Crippen molar-refractivity contribution in [2.24, 2.45) is 0 Å². The van der Waals surface area contributed by atoms with Crippen LogP contribution >= 0.6 is 11.6 Å². The molecule has 0 aliphatic carbocycles. The Morgan fingerprint density at radius 2 is 2.00 bits per heavy atom. The summed E-state index contributed by atoms with van der Waals surface area (Å²) in [5.41, 5.74) is 1.64.